The van der Waals surface area contributed by atoms with Crippen molar-refractivity contribution in [3.05, 3.63) is 30.1 Å². The lowest BCUT2D eigenvalue weighted by atomic mass is 10.1. The van der Waals surface area contributed by atoms with E-state index in [4.69, 9.17) is 4.74 Å². The average molecular weight is 209 g/mol. The van der Waals surface area contributed by atoms with Gasteiger partial charge in [0.2, 0.25) is 0 Å². The summed E-state index contributed by atoms with van der Waals surface area (Å²) < 4.78 is 5.38. The van der Waals surface area contributed by atoms with Gasteiger partial charge in [0.25, 0.3) is 0 Å². The molecule has 0 spiro atoms. The molecule has 0 aliphatic heterocycles. The van der Waals surface area contributed by atoms with Crippen LogP contribution in [0.1, 0.15) is 25.8 Å². The van der Waals surface area contributed by atoms with E-state index in [0.29, 0.717) is 19.4 Å². The maximum Gasteiger partial charge on any atom is 0.0602 e. The van der Waals surface area contributed by atoms with Gasteiger partial charge in [0.15, 0.2) is 0 Å². The van der Waals surface area contributed by atoms with Crippen LogP contribution in [-0.4, -0.2) is 28.9 Å². The van der Waals surface area contributed by atoms with Gasteiger partial charge < -0.3 is 9.84 Å². The number of aromatic nitrogens is 1. The molecule has 0 aliphatic rings. The largest absolute Gasteiger partial charge is 0.393 e. The van der Waals surface area contributed by atoms with Gasteiger partial charge in [-0.15, -0.1) is 0 Å². The molecule has 1 aromatic heterocycles. The minimum Gasteiger partial charge on any atom is -0.393 e. The summed E-state index contributed by atoms with van der Waals surface area (Å²) in [5.41, 5.74) is 1.11. The fourth-order valence-electron chi connectivity index (χ4n) is 1.33. The minimum absolute atomic E-state index is 0.234. The second kappa shape index (κ2) is 6.53. The molecule has 1 heterocycles. The van der Waals surface area contributed by atoms with Gasteiger partial charge in [-0.25, -0.2) is 0 Å². The summed E-state index contributed by atoms with van der Waals surface area (Å²) in [4.78, 5) is 3.93. The lowest BCUT2D eigenvalue weighted by Gasteiger charge is -2.12. The summed E-state index contributed by atoms with van der Waals surface area (Å²) in [7, 11) is 0. The number of aliphatic hydroxyl groups is 1. The predicted octanol–water partition coefficient (Wildman–Crippen LogP) is 1.80. The van der Waals surface area contributed by atoms with E-state index in [1.54, 1.807) is 12.4 Å². The van der Waals surface area contributed by atoms with E-state index in [0.717, 1.165) is 5.56 Å². The van der Waals surface area contributed by atoms with Gasteiger partial charge >= 0.3 is 0 Å². The second-order valence-corrected chi connectivity index (χ2v) is 3.92. The lowest BCUT2D eigenvalue weighted by molar-refractivity contribution is 0.0470. The molecule has 0 saturated carbocycles. The maximum atomic E-state index is 9.72. The molecule has 0 aliphatic carbocycles. The Labute approximate surface area is 91.1 Å². The summed E-state index contributed by atoms with van der Waals surface area (Å²) in [6.07, 6.45) is 4.74. The van der Waals surface area contributed by atoms with Crippen molar-refractivity contribution in [2.45, 2.75) is 38.9 Å². The number of hydrogen-bond donors (Lipinski definition) is 1. The summed E-state index contributed by atoms with van der Waals surface area (Å²) in [6, 6.07) is 3.85. The maximum absolute atomic E-state index is 9.72. The summed E-state index contributed by atoms with van der Waals surface area (Å²) in [6.45, 7) is 4.61. The fraction of sp³-hybridized carbons (Fsp3) is 0.583. The highest BCUT2D eigenvalue weighted by atomic mass is 16.5. The number of rotatable bonds is 6. The van der Waals surface area contributed by atoms with Crippen molar-refractivity contribution in [2.75, 3.05) is 6.61 Å². The van der Waals surface area contributed by atoms with Crippen LogP contribution < -0.4 is 0 Å². The minimum atomic E-state index is -0.328. The van der Waals surface area contributed by atoms with E-state index >= 15 is 0 Å². The SMILES string of the molecule is CC(C)OCCC(O)Cc1ccncc1. The number of pyridine rings is 1. The monoisotopic (exact) mass is 209 g/mol. The Balaban J connectivity index is 2.21. The van der Waals surface area contributed by atoms with Gasteiger partial charge in [-0.05, 0) is 44.4 Å². The first kappa shape index (κ1) is 12.1. The van der Waals surface area contributed by atoms with Gasteiger partial charge in [-0.2, -0.15) is 0 Å². The lowest BCUT2D eigenvalue weighted by Crippen LogP contribution is -2.15. The van der Waals surface area contributed by atoms with Crippen LogP contribution in [0.15, 0.2) is 24.5 Å². The molecule has 3 nitrogen and oxygen atoms in total. The van der Waals surface area contributed by atoms with Crippen molar-refractivity contribution in [3.8, 4) is 0 Å². The number of ether oxygens (including phenoxy) is 1. The van der Waals surface area contributed by atoms with Gasteiger partial charge in [0.1, 0.15) is 0 Å². The van der Waals surface area contributed by atoms with E-state index in [9.17, 15) is 5.11 Å². The number of hydrogen-bond acceptors (Lipinski definition) is 3. The zero-order valence-electron chi connectivity index (χ0n) is 9.39. The molecule has 0 radical (unpaired) electrons. The standard InChI is InChI=1S/C12H19NO2/c1-10(2)15-8-5-12(14)9-11-3-6-13-7-4-11/h3-4,6-7,10,12,14H,5,8-9H2,1-2H3. The molecule has 1 unspecified atom stereocenters. The van der Waals surface area contributed by atoms with Crippen LogP contribution in [0.25, 0.3) is 0 Å². The van der Waals surface area contributed by atoms with Gasteiger partial charge in [0.05, 0.1) is 12.2 Å². The molecule has 0 amide bonds. The summed E-state index contributed by atoms with van der Waals surface area (Å²) >= 11 is 0. The molecule has 1 aromatic rings. The van der Waals surface area contributed by atoms with Crippen molar-refractivity contribution in [3.63, 3.8) is 0 Å². The first-order valence-corrected chi connectivity index (χ1v) is 5.37. The second-order valence-electron chi connectivity index (χ2n) is 3.92. The van der Waals surface area contributed by atoms with Crippen LogP contribution >= 0.6 is 0 Å². The molecule has 0 fully saturated rings. The Hall–Kier alpha value is -0.930. The molecule has 0 bridgehead atoms. The molecule has 0 aromatic carbocycles. The Morgan fingerprint density at radius 2 is 2.00 bits per heavy atom. The molecule has 84 valence electrons. The van der Waals surface area contributed by atoms with Crippen LogP contribution in [-0.2, 0) is 11.2 Å². The van der Waals surface area contributed by atoms with Crippen LogP contribution in [0.5, 0.6) is 0 Å². The third kappa shape index (κ3) is 5.50. The van der Waals surface area contributed by atoms with Crippen LogP contribution in [0.4, 0.5) is 0 Å². The molecule has 15 heavy (non-hydrogen) atoms. The highest BCUT2D eigenvalue weighted by Gasteiger charge is 2.05. The number of nitrogens with zero attached hydrogens (tertiary/aromatic N) is 1. The average Bonchev–Trinajstić information content (AvgIpc) is 2.18. The summed E-state index contributed by atoms with van der Waals surface area (Å²) in [5.74, 6) is 0. The molecule has 1 N–H and O–H groups in total. The summed E-state index contributed by atoms with van der Waals surface area (Å²) in [5, 5.41) is 9.72. The molecular formula is C12H19NO2. The topological polar surface area (TPSA) is 42.4 Å². The van der Waals surface area contributed by atoms with E-state index in [1.807, 2.05) is 26.0 Å². The van der Waals surface area contributed by atoms with Gasteiger partial charge in [0, 0.05) is 19.0 Å². The quantitative estimate of drug-likeness (QED) is 0.776. The number of aliphatic hydroxyl groups excluding tert-OH is 1. The Kier molecular flexibility index (Phi) is 5.29. The smallest absolute Gasteiger partial charge is 0.0602 e. The third-order valence-corrected chi connectivity index (χ3v) is 2.12. The van der Waals surface area contributed by atoms with Gasteiger partial charge in [-0.1, -0.05) is 0 Å². The Morgan fingerprint density at radius 1 is 1.33 bits per heavy atom. The zero-order valence-corrected chi connectivity index (χ0v) is 9.39. The zero-order chi connectivity index (χ0) is 11.1. The molecule has 3 heteroatoms. The van der Waals surface area contributed by atoms with Crippen LogP contribution in [0.3, 0.4) is 0 Å². The molecule has 1 atom stereocenters. The van der Waals surface area contributed by atoms with Crippen molar-refractivity contribution in [1.82, 2.24) is 4.98 Å². The first-order valence-electron chi connectivity index (χ1n) is 5.37. The van der Waals surface area contributed by atoms with E-state index in [-0.39, 0.29) is 12.2 Å². The van der Waals surface area contributed by atoms with Crippen LogP contribution in [0, 0.1) is 0 Å². The van der Waals surface area contributed by atoms with Crippen molar-refractivity contribution in [1.29, 1.82) is 0 Å². The van der Waals surface area contributed by atoms with Crippen molar-refractivity contribution in [2.24, 2.45) is 0 Å². The highest BCUT2D eigenvalue weighted by molar-refractivity contribution is 5.10. The Morgan fingerprint density at radius 3 is 2.60 bits per heavy atom. The molecule has 1 rings (SSSR count). The van der Waals surface area contributed by atoms with E-state index in [1.165, 1.54) is 0 Å². The fourth-order valence-corrected chi connectivity index (χ4v) is 1.33. The van der Waals surface area contributed by atoms with Crippen LogP contribution in [0.2, 0.25) is 0 Å². The van der Waals surface area contributed by atoms with Crippen molar-refractivity contribution < 1.29 is 9.84 Å². The molecular weight excluding hydrogens is 190 g/mol. The first-order chi connectivity index (χ1) is 7.18. The highest BCUT2D eigenvalue weighted by Crippen LogP contribution is 2.05. The van der Waals surface area contributed by atoms with E-state index in [2.05, 4.69) is 4.98 Å². The van der Waals surface area contributed by atoms with E-state index < -0.39 is 0 Å². The normalized spacial score (nSPS) is 13.1. The van der Waals surface area contributed by atoms with Crippen molar-refractivity contribution >= 4 is 0 Å². The Bertz CT molecular complexity index is 262. The van der Waals surface area contributed by atoms with Gasteiger partial charge in [-0.3, -0.25) is 4.98 Å². The third-order valence-electron chi connectivity index (χ3n) is 2.12. The predicted molar refractivity (Wildman–Crippen MR) is 59.7 cm³/mol. The molecule has 0 saturated heterocycles.